The van der Waals surface area contributed by atoms with Crippen LogP contribution in [0, 0.1) is 0 Å². The van der Waals surface area contributed by atoms with Gasteiger partial charge in [0.2, 0.25) is 11.1 Å². The third kappa shape index (κ3) is 4.98. The van der Waals surface area contributed by atoms with Crippen LogP contribution in [0.25, 0.3) is 5.69 Å². The number of nitrogens with zero attached hydrogens (tertiary/aromatic N) is 4. The first-order valence-electron chi connectivity index (χ1n) is 8.19. The van der Waals surface area contributed by atoms with Gasteiger partial charge in [0.05, 0.1) is 19.9 Å². The normalized spacial score (nSPS) is 10.4. The van der Waals surface area contributed by atoms with Crippen LogP contribution in [0.2, 0.25) is 0 Å². The second-order valence-electron chi connectivity index (χ2n) is 5.45. The average molecular weight is 385 g/mol. The van der Waals surface area contributed by atoms with Crippen molar-refractivity contribution in [2.24, 2.45) is 0 Å². The number of methoxy groups -OCH3 is 2. The number of rotatable bonds is 8. The minimum atomic E-state index is -0.0730. The molecule has 3 aromatic rings. The Bertz CT molecular complexity index is 881. The van der Waals surface area contributed by atoms with Gasteiger partial charge in [0.1, 0.15) is 11.5 Å². The topological polar surface area (TPSA) is 91.2 Å². The average Bonchev–Trinajstić information content (AvgIpc) is 3.17. The monoisotopic (exact) mass is 385 g/mol. The van der Waals surface area contributed by atoms with Crippen molar-refractivity contribution in [3.63, 3.8) is 0 Å². The first-order chi connectivity index (χ1) is 13.2. The van der Waals surface area contributed by atoms with Crippen molar-refractivity contribution in [1.29, 1.82) is 0 Å². The van der Waals surface area contributed by atoms with Crippen molar-refractivity contribution in [3.8, 4) is 17.2 Å². The Morgan fingerprint density at radius 2 is 1.67 bits per heavy atom. The molecule has 0 radical (unpaired) electrons. The highest BCUT2D eigenvalue weighted by atomic mass is 32.2. The molecule has 27 heavy (non-hydrogen) atoms. The molecule has 140 valence electrons. The quantitative estimate of drug-likeness (QED) is 0.596. The van der Waals surface area contributed by atoms with Crippen molar-refractivity contribution in [3.05, 3.63) is 48.5 Å². The molecule has 1 amide bonds. The number of benzene rings is 2. The van der Waals surface area contributed by atoms with E-state index in [9.17, 15) is 4.79 Å². The number of carbonyl (C=O) groups excluding carboxylic acids is 1. The van der Waals surface area contributed by atoms with Gasteiger partial charge in [-0.3, -0.25) is 4.79 Å². The Kier molecular flexibility index (Phi) is 6.26. The van der Waals surface area contributed by atoms with Crippen LogP contribution in [-0.4, -0.2) is 46.1 Å². The highest BCUT2D eigenvalue weighted by Gasteiger charge is 2.10. The molecule has 0 atom stereocenters. The lowest BCUT2D eigenvalue weighted by molar-refractivity contribution is -0.115. The number of aromatic nitrogens is 4. The molecule has 0 saturated carbocycles. The predicted molar refractivity (Wildman–Crippen MR) is 103 cm³/mol. The van der Waals surface area contributed by atoms with Crippen LogP contribution in [0.1, 0.15) is 6.42 Å². The maximum Gasteiger partial charge on any atom is 0.225 e. The van der Waals surface area contributed by atoms with E-state index in [4.69, 9.17) is 9.47 Å². The third-order valence-corrected chi connectivity index (χ3v) is 4.61. The van der Waals surface area contributed by atoms with Crippen molar-refractivity contribution < 1.29 is 14.3 Å². The van der Waals surface area contributed by atoms with Crippen molar-refractivity contribution >= 4 is 23.4 Å². The maximum absolute atomic E-state index is 12.1. The number of carbonyl (C=O) groups is 1. The third-order valence-electron chi connectivity index (χ3n) is 3.69. The van der Waals surface area contributed by atoms with E-state index in [1.165, 1.54) is 11.8 Å². The fourth-order valence-corrected chi connectivity index (χ4v) is 3.12. The highest BCUT2D eigenvalue weighted by Crippen LogP contribution is 2.21. The van der Waals surface area contributed by atoms with Gasteiger partial charge < -0.3 is 14.8 Å². The molecule has 0 saturated heterocycles. The van der Waals surface area contributed by atoms with Gasteiger partial charge >= 0.3 is 0 Å². The molecule has 1 aromatic heterocycles. The number of anilines is 1. The Labute approximate surface area is 160 Å². The van der Waals surface area contributed by atoms with Gasteiger partial charge in [-0.25, -0.2) is 0 Å². The van der Waals surface area contributed by atoms with Gasteiger partial charge in [0, 0.05) is 17.9 Å². The van der Waals surface area contributed by atoms with Crippen LogP contribution in [-0.2, 0) is 4.79 Å². The Morgan fingerprint density at radius 1 is 1.04 bits per heavy atom. The van der Waals surface area contributed by atoms with Crippen LogP contribution in [0.3, 0.4) is 0 Å². The summed E-state index contributed by atoms with van der Waals surface area (Å²) in [4.78, 5) is 12.1. The summed E-state index contributed by atoms with van der Waals surface area (Å²) < 4.78 is 11.9. The lowest BCUT2D eigenvalue weighted by atomic mass is 10.3. The maximum atomic E-state index is 12.1. The Hall–Kier alpha value is -3.07. The van der Waals surface area contributed by atoms with Gasteiger partial charge in [-0.1, -0.05) is 11.8 Å². The molecule has 3 rings (SSSR count). The van der Waals surface area contributed by atoms with Crippen LogP contribution in [0.4, 0.5) is 5.69 Å². The van der Waals surface area contributed by atoms with Crippen molar-refractivity contribution in [2.75, 3.05) is 25.3 Å². The number of ether oxygens (including phenoxy) is 2. The molecular weight excluding hydrogens is 366 g/mol. The van der Waals surface area contributed by atoms with Crippen LogP contribution >= 0.6 is 11.8 Å². The van der Waals surface area contributed by atoms with Crippen molar-refractivity contribution in [2.45, 2.75) is 11.6 Å². The standard InChI is InChI=1S/C18H19N5O3S/c1-25-15-7-3-13(4-8-15)19-17(24)11-12-27-18-20-21-22-23(18)14-5-9-16(26-2)10-6-14/h3-10H,11-12H2,1-2H3,(H,19,24). The molecule has 0 spiro atoms. The summed E-state index contributed by atoms with van der Waals surface area (Å²) in [6.07, 6.45) is 0.339. The van der Waals surface area contributed by atoms with Gasteiger partial charge in [-0.15, -0.1) is 5.10 Å². The summed E-state index contributed by atoms with van der Waals surface area (Å²) in [6.45, 7) is 0. The number of amides is 1. The van der Waals surface area contributed by atoms with E-state index in [0.29, 0.717) is 17.3 Å². The first-order valence-corrected chi connectivity index (χ1v) is 9.17. The van der Waals surface area contributed by atoms with Gasteiger partial charge in [0.15, 0.2) is 0 Å². The molecule has 0 aliphatic carbocycles. The number of tetrazole rings is 1. The van der Waals surface area contributed by atoms with Crippen LogP contribution in [0.15, 0.2) is 53.7 Å². The van der Waals surface area contributed by atoms with Gasteiger partial charge in [-0.05, 0) is 59.0 Å². The molecule has 0 fully saturated rings. The summed E-state index contributed by atoms with van der Waals surface area (Å²) in [7, 11) is 3.22. The Morgan fingerprint density at radius 3 is 2.30 bits per heavy atom. The minimum Gasteiger partial charge on any atom is -0.497 e. The summed E-state index contributed by atoms with van der Waals surface area (Å²) in [5.74, 6) is 1.99. The first kappa shape index (κ1) is 18.7. The number of thioether (sulfide) groups is 1. The molecular formula is C18H19N5O3S. The van der Waals surface area contributed by atoms with Crippen LogP contribution in [0.5, 0.6) is 11.5 Å². The smallest absolute Gasteiger partial charge is 0.225 e. The fraction of sp³-hybridized carbons (Fsp3) is 0.222. The van der Waals surface area contributed by atoms with E-state index < -0.39 is 0 Å². The second kappa shape index (κ2) is 9.04. The van der Waals surface area contributed by atoms with Gasteiger partial charge in [-0.2, -0.15) is 4.68 Å². The molecule has 1 heterocycles. The lowest BCUT2D eigenvalue weighted by Crippen LogP contribution is -2.12. The largest absolute Gasteiger partial charge is 0.497 e. The SMILES string of the molecule is COc1ccc(NC(=O)CCSc2nnnn2-c2ccc(OC)cc2)cc1. The fourth-order valence-electron chi connectivity index (χ4n) is 2.29. The zero-order chi connectivity index (χ0) is 19.1. The Balaban J connectivity index is 1.53. The predicted octanol–water partition coefficient (Wildman–Crippen LogP) is 2.80. The number of hydrogen-bond acceptors (Lipinski definition) is 7. The molecule has 0 aliphatic heterocycles. The van der Waals surface area contributed by atoms with Gasteiger partial charge in [0.25, 0.3) is 0 Å². The summed E-state index contributed by atoms with van der Waals surface area (Å²) in [5.41, 5.74) is 1.56. The molecule has 9 heteroatoms. The van der Waals surface area contributed by atoms with E-state index in [1.807, 2.05) is 24.3 Å². The molecule has 0 bridgehead atoms. The summed E-state index contributed by atoms with van der Waals surface area (Å²) >= 11 is 1.42. The zero-order valence-electron chi connectivity index (χ0n) is 15.0. The highest BCUT2D eigenvalue weighted by molar-refractivity contribution is 7.99. The van der Waals surface area contributed by atoms with E-state index >= 15 is 0 Å². The lowest BCUT2D eigenvalue weighted by Gasteiger charge is -2.07. The van der Waals surface area contributed by atoms with Crippen LogP contribution < -0.4 is 14.8 Å². The van der Waals surface area contributed by atoms with E-state index in [1.54, 1.807) is 43.2 Å². The van der Waals surface area contributed by atoms with E-state index in [2.05, 4.69) is 20.8 Å². The zero-order valence-corrected chi connectivity index (χ0v) is 15.8. The summed E-state index contributed by atoms with van der Waals surface area (Å²) in [6, 6.07) is 14.6. The molecule has 1 N–H and O–H groups in total. The number of nitrogens with one attached hydrogen (secondary N) is 1. The second-order valence-corrected chi connectivity index (χ2v) is 6.51. The van der Waals surface area contributed by atoms with Crippen molar-refractivity contribution in [1.82, 2.24) is 20.2 Å². The molecule has 0 unspecified atom stereocenters. The molecule has 2 aromatic carbocycles. The summed E-state index contributed by atoms with van der Waals surface area (Å²) in [5, 5.41) is 15.2. The molecule has 0 aliphatic rings. The molecule has 8 nitrogen and oxygen atoms in total. The van der Waals surface area contributed by atoms with E-state index in [0.717, 1.165) is 22.9 Å². The minimum absolute atomic E-state index is 0.0730. The number of hydrogen-bond donors (Lipinski definition) is 1. The van der Waals surface area contributed by atoms with E-state index in [-0.39, 0.29) is 5.91 Å².